The molecule has 1 unspecified atom stereocenters. The molecule has 0 aliphatic rings. The molecule has 6 nitrogen and oxygen atoms in total. The minimum Gasteiger partial charge on any atom is -0.338 e. The molecular formula is C15H14F3N5OS. The second-order valence-corrected chi connectivity index (χ2v) is 6.52. The van der Waals surface area contributed by atoms with Crippen LogP contribution in [-0.4, -0.2) is 25.3 Å². The predicted molar refractivity (Wildman–Crippen MR) is 84.8 cm³/mol. The minimum atomic E-state index is -4.42. The molecule has 0 spiro atoms. The number of hydrogen-bond donors (Lipinski definition) is 1. The predicted octanol–water partition coefficient (Wildman–Crippen LogP) is 4.29. The Morgan fingerprint density at radius 3 is 2.76 bits per heavy atom. The maximum Gasteiger partial charge on any atom is 0.416 e. The molecule has 1 aromatic carbocycles. The van der Waals surface area contributed by atoms with Gasteiger partial charge in [-0.1, -0.05) is 36.0 Å². The van der Waals surface area contributed by atoms with Gasteiger partial charge in [-0.25, -0.2) is 4.98 Å². The highest BCUT2D eigenvalue weighted by atomic mass is 32.2. The van der Waals surface area contributed by atoms with Gasteiger partial charge in [0, 0.05) is 12.0 Å². The monoisotopic (exact) mass is 369 g/mol. The number of benzene rings is 1. The summed E-state index contributed by atoms with van der Waals surface area (Å²) in [5.74, 6) is 1.17. The van der Waals surface area contributed by atoms with Crippen LogP contribution in [0, 0.1) is 0 Å². The van der Waals surface area contributed by atoms with Gasteiger partial charge in [-0.05, 0) is 19.1 Å². The topological polar surface area (TPSA) is 80.5 Å². The van der Waals surface area contributed by atoms with E-state index < -0.39 is 11.7 Å². The third kappa shape index (κ3) is 4.01. The average molecular weight is 369 g/mol. The highest BCUT2D eigenvalue weighted by Gasteiger charge is 2.31. The fourth-order valence-electron chi connectivity index (χ4n) is 2.05. The number of aromatic amines is 1. The molecule has 132 valence electrons. The van der Waals surface area contributed by atoms with Crippen LogP contribution in [0.3, 0.4) is 0 Å². The van der Waals surface area contributed by atoms with Crippen molar-refractivity contribution in [3.05, 3.63) is 41.5 Å². The van der Waals surface area contributed by atoms with Gasteiger partial charge >= 0.3 is 6.18 Å². The Balaban J connectivity index is 1.78. The van der Waals surface area contributed by atoms with Crippen molar-refractivity contribution in [2.75, 3.05) is 0 Å². The largest absolute Gasteiger partial charge is 0.416 e. The molecule has 10 heteroatoms. The average Bonchev–Trinajstić information content (AvgIpc) is 3.23. The van der Waals surface area contributed by atoms with Crippen molar-refractivity contribution in [3.63, 3.8) is 0 Å². The van der Waals surface area contributed by atoms with E-state index in [2.05, 4.69) is 25.3 Å². The number of halogens is 3. The molecule has 0 saturated carbocycles. The molecule has 0 radical (unpaired) electrons. The van der Waals surface area contributed by atoms with Crippen LogP contribution < -0.4 is 0 Å². The first-order valence-corrected chi connectivity index (χ1v) is 8.34. The van der Waals surface area contributed by atoms with Crippen LogP contribution in [0.2, 0.25) is 0 Å². The molecular weight excluding hydrogens is 355 g/mol. The molecule has 2 heterocycles. The van der Waals surface area contributed by atoms with Gasteiger partial charge in [0.05, 0.1) is 10.8 Å². The first-order chi connectivity index (χ1) is 11.9. The van der Waals surface area contributed by atoms with Crippen LogP contribution in [0.25, 0.3) is 11.4 Å². The van der Waals surface area contributed by atoms with E-state index in [1.54, 1.807) is 0 Å². The zero-order chi connectivity index (χ0) is 18.0. The van der Waals surface area contributed by atoms with Crippen molar-refractivity contribution >= 4 is 11.8 Å². The summed E-state index contributed by atoms with van der Waals surface area (Å²) >= 11 is 1.32. The van der Waals surface area contributed by atoms with Gasteiger partial charge in [0.2, 0.25) is 16.9 Å². The normalized spacial score (nSPS) is 13.2. The summed E-state index contributed by atoms with van der Waals surface area (Å²) in [5, 5.41) is 11.0. The van der Waals surface area contributed by atoms with E-state index in [0.29, 0.717) is 11.0 Å². The Bertz CT molecular complexity index is 861. The lowest BCUT2D eigenvalue weighted by atomic mass is 10.1. The quantitative estimate of drug-likeness (QED) is 0.676. The van der Waals surface area contributed by atoms with Gasteiger partial charge in [-0.2, -0.15) is 18.2 Å². The lowest BCUT2D eigenvalue weighted by molar-refractivity contribution is -0.137. The van der Waals surface area contributed by atoms with E-state index in [1.807, 2.05) is 13.8 Å². The summed E-state index contributed by atoms with van der Waals surface area (Å²) < 4.78 is 43.6. The summed E-state index contributed by atoms with van der Waals surface area (Å²) in [5.41, 5.74) is -0.514. The number of rotatable bonds is 5. The number of nitrogens with one attached hydrogen (secondary N) is 1. The second kappa shape index (κ2) is 6.87. The Morgan fingerprint density at radius 2 is 2.08 bits per heavy atom. The Hall–Kier alpha value is -2.36. The molecule has 25 heavy (non-hydrogen) atoms. The van der Waals surface area contributed by atoms with Gasteiger partial charge in [-0.15, -0.1) is 5.10 Å². The van der Waals surface area contributed by atoms with Crippen LogP contribution in [0.15, 0.2) is 33.9 Å². The molecule has 0 amide bonds. The number of aryl methyl sites for hydroxylation is 1. The number of alkyl halides is 3. The van der Waals surface area contributed by atoms with Crippen molar-refractivity contribution in [1.82, 2.24) is 25.3 Å². The summed E-state index contributed by atoms with van der Waals surface area (Å²) in [7, 11) is 0. The zero-order valence-corrected chi connectivity index (χ0v) is 14.1. The number of H-pyrrole nitrogens is 1. The number of hydrogen-bond acceptors (Lipinski definition) is 6. The number of aromatic nitrogens is 5. The lowest BCUT2D eigenvalue weighted by Crippen LogP contribution is -2.04. The van der Waals surface area contributed by atoms with E-state index in [1.165, 1.54) is 23.9 Å². The number of nitrogens with zero attached hydrogens (tertiary/aromatic N) is 4. The van der Waals surface area contributed by atoms with Gasteiger partial charge in [0.1, 0.15) is 5.82 Å². The maximum absolute atomic E-state index is 12.8. The van der Waals surface area contributed by atoms with Crippen molar-refractivity contribution in [3.8, 4) is 11.4 Å². The summed E-state index contributed by atoms with van der Waals surface area (Å²) in [6.45, 7) is 3.79. The standard InChI is InChI=1S/C15H14F3N5OS/c1-3-11-19-14(22-21-11)25-8(2)13-20-12(23-24-13)9-5-4-6-10(7-9)15(16,17)18/h4-8H,3H2,1-2H3,(H,19,21,22). The zero-order valence-electron chi connectivity index (χ0n) is 13.3. The van der Waals surface area contributed by atoms with E-state index in [-0.39, 0.29) is 16.6 Å². The molecule has 0 fully saturated rings. The van der Waals surface area contributed by atoms with Crippen molar-refractivity contribution in [2.45, 2.75) is 36.9 Å². The molecule has 0 bridgehead atoms. The smallest absolute Gasteiger partial charge is 0.338 e. The summed E-state index contributed by atoms with van der Waals surface area (Å²) in [4.78, 5) is 8.47. The van der Waals surface area contributed by atoms with Gasteiger partial charge in [0.25, 0.3) is 0 Å². The lowest BCUT2D eigenvalue weighted by Gasteiger charge is -2.06. The Morgan fingerprint density at radius 1 is 1.28 bits per heavy atom. The molecule has 3 aromatic rings. The first-order valence-electron chi connectivity index (χ1n) is 7.46. The summed E-state index contributed by atoms with van der Waals surface area (Å²) in [6, 6.07) is 4.81. The van der Waals surface area contributed by atoms with E-state index in [0.717, 1.165) is 24.4 Å². The molecule has 2 aromatic heterocycles. The Kier molecular flexibility index (Phi) is 4.80. The second-order valence-electron chi connectivity index (χ2n) is 5.21. The highest BCUT2D eigenvalue weighted by Crippen LogP contribution is 2.34. The van der Waals surface area contributed by atoms with E-state index in [9.17, 15) is 13.2 Å². The van der Waals surface area contributed by atoms with Crippen LogP contribution in [0.4, 0.5) is 13.2 Å². The van der Waals surface area contributed by atoms with Crippen LogP contribution in [0.5, 0.6) is 0 Å². The van der Waals surface area contributed by atoms with Crippen molar-refractivity contribution in [2.24, 2.45) is 0 Å². The number of thioether (sulfide) groups is 1. The van der Waals surface area contributed by atoms with Gasteiger partial charge in [0.15, 0.2) is 0 Å². The third-order valence-electron chi connectivity index (χ3n) is 3.37. The molecule has 1 atom stereocenters. The summed E-state index contributed by atoms with van der Waals surface area (Å²) in [6.07, 6.45) is -3.68. The highest BCUT2D eigenvalue weighted by molar-refractivity contribution is 7.99. The SMILES string of the molecule is CCc1nc(SC(C)c2nc(-c3cccc(C(F)(F)F)c3)no2)n[nH]1. The Labute approximate surface area is 145 Å². The third-order valence-corrected chi connectivity index (χ3v) is 4.31. The maximum atomic E-state index is 12.8. The van der Waals surface area contributed by atoms with Crippen molar-refractivity contribution in [1.29, 1.82) is 0 Å². The van der Waals surface area contributed by atoms with Crippen LogP contribution in [-0.2, 0) is 12.6 Å². The van der Waals surface area contributed by atoms with E-state index >= 15 is 0 Å². The van der Waals surface area contributed by atoms with Crippen molar-refractivity contribution < 1.29 is 17.7 Å². The molecule has 1 N–H and O–H groups in total. The van der Waals surface area contributed by atoms with Crippen LogP contribution >= 0.6 is 11.8 Å². The van der Waals surface area contributed by atoms with Gasteiger partial charge in [-0.3, -0.25) is 5.10 Å². The molecule has 3 rings (SSSR count). The molecule has 0 saturated heterocycles. The first kappa shape index (κ1) is 17.5. The van der Waals surface area contributed by atoms with Gasteiger partial charge < -0.3 is 4.52 Å². The molecule has 0 aliphatic heterocycles. The minimum absolute atomic E-state index is 0.109. The van der Waals surface area contributed by atoms with Crippen LogP contribution in [0.1, 0.15) is 36.4 Å². The molecule has 0 aliphatic carbocycles. The fourth-order valence-corrected chi connectivity index (χ4v) is 2.82. The van der Waals surface area contributed by atoms with E-state index in [4.69, 9.17) is 4.52 Å². The fraction of sp³-hybridized carbons (Fsp3) is 0.333.